The number of aryl methyl sites for hydroxylation is 2. The number of aliphatic hydroxyl groups excluding tert-OH is 1. The zero-order valence-corrected chi connectivity index (χ0v) is 9.97. The molecule has 0 bridgehead atoms. The molecule has 0 aromatic carbocycles. The molecule has 0 radical (unpaired) electrons. The Hall–Kier alpha value is -0.410. The van der Waals surface area contributed by atoms with E-state index in [0.29, 0.717) is 5.92 Å². The molecule has 0 fully saturated rings. The summed E-state index contributed by atoms with van der Waals surface area (Å²) in [6.07, 6.45) is 2.47. The number of aliphatic hydroxyl groups is 1. The number of thiazole rings is 1. The van der Waals surface area contributed by atoms with Crippen LogP contribution in [0.25, 0.3) is 0 Å². The first kappa shape index (κ1) is 11.7. The van der Waals surface area contributed by atoms with E-state index in [4.69, 9.17) is 0 Å². The molecule has 0 amide bonds. The average molecular weight is 213 g/mol. The Morgan fingerprint density at radius 2 is 2.21 bits per heavy atom. The van der Waals surface area contributed by atoms with Gasteiger partial charge in [0.15, 0.2) is 0 Å². The summed E-state index contributed by atoms with van der Waals surface area (Å²) in [5, 5.41) is 12.9. The lowest BCUT2D eigenvalue weighted by Gasteiger charge is -2.11. The second-order valence-corrected chi connectivity index (χ2v) is 5.15. The molecule has 3 heteroatoms. The summed E-state index contributed by atoms with van der Waals surface area (Å²) in [5.41, 5.74) is 1.09. The van der Waals surface area contributed by atoms with Gasteiger partial charge in [0.25, 0.3) is 0 Å². The zero-order chi connectivity index (χ0) is 10.6. The van der Waals surface area contributed by atoms with Crippen LogP contribution >= 0.6 is 11.3 Å². The zero-order valence-electron chi connectivity index (χ0n) is 9.16. The molecule has 1 unspecified atom stereocenters. The van der Waals surface area contributed by atoms with Crippen LogP contribution in [0.2, 0.25) is 0 Å². The Labute approximate surface area is 90.0 Å². The molecule has 0 saturated heterocycles. The minimum absolute atomic E-state index is 0.167. The third kappa shape index (κ3) is 4.20. The highest BCUT2D eigenvalue weighted by molar-refractivity contribution is 7.09. The van der Waals surface area contributed by atoms with E-state index in [1.54, 1.807) is 11.3 Å². The molecule has 0 aliphatic heterocycles. The van der Waals surface area contributed by atoms with E-state index in [9.17, 15) is 5.11 Å². The van der Waals surface area contributed by atoms with Crippen molar-refractivity contribution in [3.63, 3.8) is 0 Å². The van der Waals surface area contributed by atoms with Gasteiger partial charge in [-0.3, -0.25) is 0 Å². The first-order valence-electron chi connectivity index (χ1n) is 5.17. The highest BCUT2D eigenvalue weighted by Gasteiger charge is 2.08. The highest BCUT2D eigenvalue weighted by atomic mass is 32.1. The quantitative estimate of drug-likeness (QED) is 0.816. The van der Waals surface area contributed by atoms with E-state index in [1.165, 1.54) is 0 Å². The fourth-order valence-electron chi connectivity index (χ4n) is 1.47. The van der Waals surface area contributed by atoms with Crippen molar-refractivity contribution >= 4 is 11.3 Å². The van der Waals surface area contributed by atoms with E-state index in [1.807, 2.05) is 6.92 Å². The number of hydrogen-bond donors (Lipinski definition) is 1. The van der Waals surface area contributed by atoms with E-state index in [-0.39, 0.29) is 6.10 Å². The van der Waals surface area contributed by atoms with Gasteiger partial charge in [0, 0.05) is 17.5 Å². The molecule has 2 nitrogen and oxygen atoms in total. The van der Waals surface area contributed by atoms with Gasteiger partial charge < -0.3 is 5.11 Å². The third-order valence-corrected chi connectivity index (χ3v) is 3.13. The summed E-state index contributed by atoms with van der Waals surface area (Å²) in [5.74, 6) is 0.572. The van der Waals surface area contributed by atoms with Gasteiger partial charge in [-0.05, 0) is 25.7 Å². The molecule has 1 rings (SSSR count). The SMILES string of the molecule is Cc1csc(CCC(O)CC(C)C)n1. The maximum absolute atomic E-state index is 9.66. The number of rotatable bonds is 5. The van der Waals surface area contributed by atoms with Crippen LogP contribution in [0.1, 0.15) is 37.4 Å². The first-order valence-corrected chi connectivity index (χ1v) is 6.05. The van der Waals surface area contributed by atoms with E-state index < -0.39 is 0 Å². The van der Waals surface area contributed by atoms with Crippen LogP contribution in [0.5, 0.6) is 0 Å². The molecule has 14 heavy (non-hydrogen) atoms. The average Bonchev–Trinajstić information content (AvgIpc) is 2.47. The van der Waals surface area contributed by atoms with E-state index >= 15 is 0 Å². The van der Waals surface area contributed by atoms with Crippen molar-refractivity contribution in [2.24, 2.45) is 5.92 Å². The Morgan fingerprint density at radius 3 is 2.71 bits per heavy atom. The van der Waals surface area contributed by atoms with Crippen molar-refractivity contribution in [2.45, 2.75) is 46.1 Å². The van der Waals surface area contributed by atoms with Crippen LogP contribution in [0.15, 0.2) is 5.38 Å². The molecule has 1 heterocycles. The van der Waals surface area contributed by atoms with Crippen molar-refractivity contribution in [1.82, 2.24) is 4.98 Å². The summed E-state index contributed by atoms with van der Waals surface area (Å²) in [7, 11) is 0. The van der Waals surface area contributed by atoms with Crippen LogP contribution < -0.4 is 0 Å². The monoisotopic (exact) mass is 213 g/mol. The molecule has 0 saturated carbocycles. The Balaban J connectivity index is 2.26. The summed E-state index contributed by atoms with van der Waals surface area (Å²) < 4.78 is 0. The third-order valence-electron chi connectivity index (χ3n) is 2.10. The van der Waals surface area contributed by atoms with Crippen LogP contribution in [-0.4, -0.2) is 16.2 Å². The maximum Gasteiger partial charge on any atom is 0.0929 e. The number of nitrogens with zero attached hydrogens (tertiary/aromatic N) is 1. The lowest BCUT2D eigenvalue weighted by atomic mass is 10.0. The van der Waals surface area contributed by atoms with Gasteiger partial charge in [0.05, 0.1) is 11.1 Å². The minimum atomic E-state index is -0.167. The van der Waals surface area contributed by atoms with Crippen molar-refractivity contribution in [1.29, 1.82) is 0 Å². The predicted molar refractivity (Wildman–Crippen MR) is 60.6 cm³/mol. The van der Waals surface area contributed by atoms with Gasteiger partial charge in [0.1, 0.15) is 0 Å². The molecule has 1 aromatic heterocycles. The van der Waals surface area contributed by atoms with Gasteiger partial charge >= 0.3 is 0 Å². The van der Waals surface area contributed by atoms with Gasteiger partial charge in [-0.1, -0.05) is 13.8 Å². The molecule has 0 aliphatic rings. The first-order chi connectivity index (χ1) is 6.58. The topological polar surface area (TPSA) is 33.1 Å². The Morgan fingerprint density at radius 1 is 1.50 bits per heavy atom. The van der Waals surface area contributed by atoms with Crippen LogP contribution in [0.3, 0.4) is 0 Å². The molecular formula is C11H19NOS. The molecule has 1 N–H and O–H groups in total. The molecule has 1 atom stereocenters. The fourth-order valence-corrected chi connectivity index (χ4v) is 2.26. The van der Waals surface area contributed by atoms with Crippen molar-refractivity contribution < 1.29 is 5.11 Å². The van der Waals surface area contributed by atoms with Gasteiger partial charge in [-0.2, -0.15) is 0 Å². The summed E-state index contributed by atoms with van der Waals surface area (Å²) in [6, 6.07) is 0. The highest BCUT2D eigenvalue weighted by Crippen LogP contribution is 2.14. The maximum atomic E-state index is 9.66. The lowest BCUT2D eigenvalue weighted by Crippen LogP contribution is -2.11. The van der Waals surface area contributed by atoms with Crippen molar-refractivity contribution in [3.8, 4) is 0 Å². The smallest absolute Gasteiger partial charge is 0.0929 e. The summed E-state index contributed by atoms with van der Waals surface area (Å²) in [4.78, 5) is 4.37. The largest absolute Gasteiger partial charge is 0.393 e. The van der Waals surface area contributed by atoms with Gasteiger partial charge in [-0.25, -0.2) is 4.98 Å². The molecule has 0 spiro atoms. The molecule has 1 aromatic rings. The standard InChI is InChI=1S/C11H19NOS/c1-8(2)6-10(13)4-5-11-12-9(3)7-14-11/h7-8,10,13H,4-6H2,1-3H3. The fraction of sp³-hybridized carbons (Fsp3) is 0.727. The molecule has 0 aliphatic carbocycles. The normalized spacial score (nSPS) is 13.5. The summed E-state index contributed by atoms with van der Waals surface area (Å²) in [6.45, 7) is 6.28. The van der Waals surface area contributed by atoms with Gasteiger partial charge in [-0.15, -0.1) is 11.3 Å². The number of aromatic nitrogens is 1. The number of hydrogen-bond acceptors (Lipinski definition) is 3. The van der Waals surface area contributed by atoms with Gasteiger partial charge in [0.2, 0.25) is 0 Å². The van der Waals surface area contributed by atoms with Crippen LogP contribution in [0.4, 0.5) is 0 Å². The van der Waals surface area contributed by atoms with Crippen molar-refractivity contribution in [3.05, 3.63) is 16.1 Å². The Bertz CT molecular complexity index is 270. The van der Waals surface area contributed by atoms with E-state index in [2.05, 4.69) is 24.2 Å². The molecule has 80 valence electrons. The van der Waals surface area contributed by atoms with E-state index in [0.717, 1.165) is 30.0 Å². The van der Waals surface area contributed by atoms with Crippen molar-refractivity contribution in [2.75, 3.05) is 0 Å². The lowest BCUT2D eigenvalue weighted by molar-refractivity contribution is 0.139. The second kappa shape index (κ2) is 5.47. The van der Waals surface area contributed by atoms with Crippen LogP contribution in [0, 0.1) is 12.8 Å². The predicted octanol–water partition coefficient (Wildman–Crippen LogP) is 2.79. The second-order valence-electron chi connectivity index (χ2n) is 4.20. The minimum Gasteiger partial charge on any atom is -0.393 e. The van der Waals surface area contributed by atoms with Crippen LogP contribution in [-0.2, 0) is 6.42 Å². The Kier molecular flexibility index (Phi) is 4.55. The molecular weight excluding hydrogens is 194 g/mol. The summed E-state index contributed by atoms with van der Waals surface area (Å²) >= 11 is 1.69.